The van der Waals surface area contributed by atoms with Gasteiger partial charge < -0.3 is 11.5 Å². The fourth-order valence-electron chi connectivity index (χ4n) is 0.520. The minimum atomic E-state index is 0.000972. The summed E-state index contributed by atoms with van der Waals surface area (Å²) in [6, 6.07) is 0.000972. The molecule has 0 aromatic rings. The maximum Gasteiger partial charge on any atom is 0.147 e. The molecular formula is C6H14N2O. The van der Waals surface area contributed by atoms with Crippen LogP contribution in [0.3, 0.4) is 0 Å². The lowest BCUT2D eigenvalue weighted by Gasteiger charge is -2.04. The number of carbonyl (C=O) groups is 1. The van der Waals surface area contributed by atoms with E-state index >= 15 is 0 Å². The zero-order valence-electron chi connectivity index (χ0n) is 5.76. The van der Waals surface area contributed by atoms with Crippen molar-refractivity contribution >= 4 is 5.78 Å². The van der Waals surface area contributed by atoms with Gasteiger partial charge in [-0.2, -0.15) is 0 Å². The van der Waals surface area contributed by atoms with Gasteiger partial charge in [0.25, 0.3) is 0 Å². The Balaban J connectivity index is 3.34. The molecule has 1 unspecified atom stereocenters. The summed E-state index contributed by atoms with van der Waals surface area (Å²) < 4.78 is 0. The van der Waals surface area contributed by atoms with E-state index in [2.05, 4.69) is 0 Å². The lowest BCUT2D eigenvalue weighted by molar-refractivity contribution is -0.118. The molecule has 0 aliphatic heterocycles. The lowest BCUT2D eigenvalue weighted by Crippen LogP contribution is -2.26. The van der Waals surface area contributed by atoms with E-state index in [1.807, 2.05) is 6.92 Å². The Morgan fingerprint density at radius 2 is 2.22 bits per heavy atom. The summed E-state index contributed by atoms with van der Waals surface area (Å²) in [4.78, 5) is 10.6. The molecule has 54 valence electrons. The fraction of sp³-hybridized carbons (Fsp3) is 0.833. The summed E-state index contributed by atoms with van der Waals surface area (Å²) in [7, 11) is 0. The molecular weight excluding hydrogens is 116 g/mol. The van der Waals surface area contributed by atoms with Crippen LogP contribution in [-0.2, 0) is 4.79 Å². The molecule has 0 aromatic carbocycles. The Morgan fingerprint density at radius 3 is 2.56 bits per heavy atom. The summed E-state index contributed by atoms with van der Waals surface area (Å²) in [5.74, 6) is 0.0457. The fourth-order valence-corrected chi connectivity index (χ4v) is 0.520. The number of ketones is 1. The van der Waals surface area contributed by atoms with Crippen LogP contribution in [0, 0.1) is 0 Å². The molecule has 3 nitrogen and oxygen atoms in total. The molecule has 0 fully saturated rings. The van der Waals surface area contributed by atoms with Crippen LogP contribution in [0.1, 0.15) is 19.8 Å². The predicted molar refractivity (Wildman–Crippen MR) is 36.9 cm³/mol. The second-order valence-electron chi connectivity index (χ2n) is 2.12. The second-order valence-corrected chi connectivity index (χ2v) is 2.12. The Labute approximate surface area is 55.4 Å². The maximum absolute atomic E-state index is 10.6. The van der Waals surface area contributed by atoms with Crippen LogP contribution in [-0.4, -0.2) is 18.4 Å². The third kappa shape index (κ3) is 4.12. The SMILES string of the molecule is CCC(N)CC(=O)CN. The number of Topliss-reactive ketones (excluding diaryl/α,β-unsaturated/α-hetero) is 1. The van der Waals surface area contributed by atoms with Gasteiger partial charge in [0.05, 0.1) is 6.54 Å². The summed E-state index contributed by atoms with van der Waals surface area (Å²) in [5, 5.41) is 0. The highest BCUT2D eigenvalue weighted by atomic mass is 16.1. The molecule has 0 aliphatic rings. The molecule has 0 aliphatic carbocycles. The largest absolute Gasteiger partial charge is 0.327 e. The van der Waals surface area contributed by atoms with Crippen LogP contribution in [0.4, 0.5) is 0 Å². The van der Waals surface area contributed by atoms with Crippen molar-refractivity contribution in [3.63, 3.8) is 0 Å². The van der Waals surface area contributed by atoms with E-state index in [0.29, 0.717) is 6.42 Å². The van der Waals surface area contributed by atoms with E-state index in [9.17, 15) is 4.79 Å². The minimum Gasteiger partial charge on any atom is -0.327 e. The summed E-state index contributed by atoms with van der Waals surface area (Å²) in [6.07, 6.45) is 1.26. The molecule has 4 N–H and O–H groups in total. The highest BCUT2D eigenvalue weighted by molar-refractivity contribution is 5.80. The van der Waals surface area contributed by atoms with Gasteiger partial charge >= 0.3 is 0 Å². The highest BCUT2D eigenvalue weighted by Gasteiger charge is 2.03. The number of nitrogens with two attached hydrogens (primary N) is 2. The smallest absolute Gasteiger partial charge is 0.147 e. The van der Waals surface area contributed by atoms with Gasteiger partial charge in [0.1, 0.15) is 5.78 Å². The number of hydrogen-bond donors (Lipinski definition) is 2. The monoisotopic (exact) mass is 130 g/mol. The average Bonchev–Trinajstić information content (AvgIpc) is 1.87. The van der Waals surface area contributed by atoms with Crippen LogP contribution in [0.25, 0.3) is 0 Å². The Morgan fingerprint density at radius 1 is 1.67 bits per heavy atom. The first-order valence-corrected chi connectivity index (χ1v) is 3.18. The Bertz CT molecular complexity index is 93.1. The Hall–Kier alpha value is -0.410. The van der Waals surface area contributed by atoms with Gasteiger partial charge in [-0.25, -0.2) is 0 Å². The number of hydrogen-bond acceptors (Lipinski definition) is 3. The first kappa shape index (κ1) is 8.59. The van der Waals surface area contributed by atoms with E-state index in [-0.39, 0.29) is 18.4 Å². The van der Waals surface area contributed by atoms with Crippen LogP contribution >= 0.6 is 0 Å². The van der Waals surface area contributed by atoms with Gasteiger partial charge in [0, 0.05) is 12.5 Å². The molecule has 0 radical (unpaired) electrons. The van der Waals surface area contributed by atoms with Gasteiger partial charge in [-0.05, 0) is 6.42 Å². The predicted octanol–water partition coefficient (Wildman–Crippen LogP) is -0.358. The maximum atomic E-state index is 10.6. The van der Waals surface area contributed by atoms with Crippen LogP contribution in [0.15, 0.2) is 0 Å². The van der Waals surface area contributed by atoms with Crippen molar-refractivity contribution in [3.8, 4) is 0 Å². The van der Waals surface area contributed by atoms with Crippen molar-refractivity contribution in [1.29, 1.82) is 0 Å². The van der Waals surface area contributed by atoms with Gasteiger partial charge in [-0.15, -0.1) is 0 Å². The molecule has 1 atom stereocenters. The van der Waals surface area contributed by atoms with Crippen LogP contribution < -0.4 is 11.5 Å². The van der Waals surface area contributed by atoms with E-state index < -0.39 is 0 Å². The van der Waals surface area contributed by atoms with Gasteiger partial charge in [0.15, 0.2) is 0 Å². The second kappa shape index (κ2) is 4.47. The van der Waals surface area contributed by atoms with Crippen molar-refractivity contribution < 1.29 is 4.79 Å². The van der Waals surface area contributed by atoms with Crippen molar-refractivity contribution in [3.05, 3.63) is 0 Å². The zero-order valence-corrected chi connectivity index (χ0v) is 5.76. The first-order valence-electron chi connectivity index (χ1n) is 3.18. The van der Waals surface area contributed by atoms with Crippen molar-refractivity contribution in [2.75, 3.05) is 6.54 Å². The van der Waals surface area contributed by atoms with Gasteiger partial charge in [-0.1, -0.05) is 6.92 Å². The van der Waals surface area contributed by atoms with Gasteiger partial charge in [0.2, 0.25) is 0 Å². The van der Waals surface area contributed by atoms with Gasteiger partial charge in [-0.3, -0.25) is 4.79 Å². The normalized spacial score (nSPS) is 13.2. The molecule has 0 saturated carbocycles. The summed E-state index contributed by atoms with van der Waals surface area (Å²) >= 11 is 0. The van der Waals surface area contributed by atoms with E-state index in [1.54, 1.807) is 0 Å². The topological polar surface area (TPSA) is 69.1 Å². The molecule has 0 heterocycles. The standard InChI is InChI=1S/C6H14N2O/c1-2-5(8)3-6(9)4-7/h5H,2-4,7-8H2,1H3. The molecule has 0 rings (SSSR count). The summed E-state index contributed by atoms with van der Waals surface area (Å²) in [6.45, 7) is 2.07. The molecule has 0 amide bonds. The molecule has 0 bridgehead atoms. The highest BCUT2D eigenvalue weighted by Crippen LogP contribution is 1.92. The number of carbonyl (C=O) groups excluding carboxylic acids is 1. The lowest BCUT2D eigenvalue weighted by atomic mass is 10.1. The van der Waals surface area contributed by atoms with E-state index in [0.717, 1.165) is 6.42 Å². The minimum absolute atomic E-state index is 0.000972. The quantitative estimate of drug-likeness (QED) is 0.546. The first-order chi connectivity index (χ1) is 4.20. The Kier molecular flexibility index (Phi) is 4.26. The molecule has 0 saturated heterocycles. The third-order valence-corrected chi connectivity index (χ3v) is 1.24. The molecule has 9 heavy (non-hydrogen) atoms. The van der Waals surface area contributed by atoms with Crippen LogP contribution in [0.2, 0.25) is 0 Å². The van der Waals surface area contributed by atoms with Crippen molar-refractivity contribution in [2.45, 2.75) is 25.8 Å². The summed E-state index contributed by atoms with van der Waals surface area (Å²) in [5.41, 5.74) is 10.5. The third-order valence-electron chi connectivity index (χ3n) is 1.24. The number of rotatable bonds is 4. The van der Waals surface area contributed by atoms with Crippen LogP contribution in [0.5, 0.6) is 0 Å². The van der Waals surface area contributed by atoms with E-state index in [4.69, 9.17) is 11.5 Å². The molecule has 0 spiro atoms. The molecule has 3 heteroatoms. The van der Waals surface area contributed by atoms with Crippen molar-refractivity contribution in [1.82, 2.24) is 0 Å². The van der Waals surface area contributed by atoms with Crippen molar-refractivity contribution in [2.24, 2.45) is 11.5 Å². The molecule has 0 aromatic heterocycles. The van der Waals surface area contributed by atoms with E-state index in [1.165, 1.54) is 0 Å². The zero-order chi connectivity index (χ0) is 7.28. The average molecular weight is 130 g/mol.